The average Bonchev–Trinajstić information content (AvgIpc) is 3.66. The zero-order chi connectivity index (χ0) is 31.6. The van der Waals surface area contributed by atoms with E-state index in [1.165, 1.54) is 11.8 Å². The van der Waals surface area contributed by atoms with Crippen LogP contribution < -0.4 is 15.6 Å². The number of β-lactam (4-membered cyclic amide) rings is 1. The number of nitrogens with zero attached hydrogens (tertiary/aromatic N) is 4. The van der Waals surface area contributed by atoms with Crippen molar-refractivity contribution in [2.75, 3.05) is 18.1 Å². The average molecular weight is 644 g/mol. The molecule has 2 aromatic rings. The van der Waals surface area contributed by atoms with Gasteiger partial charge in [0.05, 0.1) is 5.75 Å². The highest BCUT2D eigenvalue weighted by Gasteiger charge is 2.55. The molecule has 1 aliphatic carbocycles. The first-order valence-corrected chi connectivity index (χ1v) is 16.1. The lowest BCUT2D eigenvalue weighted by molar-refractivity contribution is -0.685. The third-order valence-corrected chi connectivity index (χ3v) is 9.30. The fraction of sp³-hybridized carbons (Fsp3) is 0.483. The number of oxime groups is 1. The van der Waals surface area contributed by atoms with Gasteiger partial charge in [0.25, 0.3) is 11.8 Å². The van der Waals surface area contributed by atoms with Crippen molar-refractivity contribution in [2.24, 2.45) is 10.6 Å². The van der Waals surface area contributed by atoms with Crippen LogP contribution in [-0.4, -0.2) is 74.8 Å². The van der Waals surface area contributed by atoms with E-state index in [-0.39, 0.29) is 58.8 Å². The van der Waals surface area contributed by atoms with Gasteiger partial charge < -0.3 is 25.7 Å². The molecule has 44 heavy (non-hydrogen) atoms. The Morgan fingerprint density at radius 2 is 1.98 bits per heavy atom. The number of carboxylic acid groups (broad SMARTS) is 1. The first kappa shape index (κ1) is 31.4. The first-order chi connectivity index (χ1) is 20.9. The lowest BCUT2D eigenvalue weighted by Gasteiger charge is -2.49. The molecule has 2 amide bonds. The number of nitrogen functional groups attached to an aromatic ring is 1. The summed E-state index contributed by atoms with van der Waals surface area (Å²) in [5, 5.41) is 18.6. The number of fused-ring (bicyclic) bond motifs is 1. The van der Waals surface area contributed by atoms with Gasteiger partial charge in [-0.25, -0.2) is 9.78 Å². The van der Waals surface area contributed by atoms with E-state index in [1.807, 2.05) is 32.9 Å². The minimum Gasteiger partial charge on any atom is -0.492 e. The molecule has 234 valence electrons. The number of nitrogens with two attached hydrogens (primary N) is 1. The molecule has 3 aliphatic rings. The van der Waals surface area contributed by atoms with E-state index in [0.29, 0.717) is 0 Å². The Kier molecular flexibility index (Phi) is 9.25. The Morgan fingerprint density at radius 3 is 2.59 bits per heavy atom. The second-order valence-electron chi connectivity index (χ2n) is 11.8. The summed E-state index contributed by atoms with van der Waals surface area (Å²) in [5.74, 6) is -2.13. The van der Waals surface area contributed by atoms with Gasteiger partial charge in [-0.3, -0.25) is 19.3 Å². The van der Waals surface area contributed by atoms with Crippen molar-refractivity contribution in [2.45, 2.75) is 76.1 Å². The van der Waals surface area contributed by atoms with Crippen molar-refractivity contribution in [1.29, 1.82) is 0 Å². The number of Topliss-reactive ketones (excluding diaryl/α,β-unsaturated/α-hetero) is 1. The van der Waals surface area contributed by atoms with Crippen LogP contribution in [0, 0.1) is 5.41 Å². The normalized spacial score (nSPS) is 20.6. The number of aliphatic carboxylic acids is 1. The van der Waals surface area contributed by atoms with Crippen LogP contribution in [0.1, 0.15) is 52.1 Å². The summed E-state index contributed by atoms with van der Waals surface area (Å²) in [6.45, 7) is 5.88. The number of rotatable bonds is 11. The number of carboxylic acids is 1. The minimum atomic E-state index is -1.31. The molecular formula is C29H35N6O7S2+. The van der Waals surface area contributed by atoms with Gasteiger partial charge in [-0.15, -0.1) is 23.1 Å². The van der Waals surface area contributed by atoms with E-state index in [4.69, 9.17) is 15.3 Å². The van der Waals surface area contributed by atoms with Crippen molar-refractivity contribution >= 4 is 57.5 Å². The SMILES string of the molecule is CC(C)(C)C(=O)C[n+]1ccc(SCC2=C(C(=O)O)N3C(=O)[C@@H](NC(=O)/C(=N\OC4CCCC4)c4csc(N)n4)[C@H]3CO2)cc1. The number of thioether (sulfide) groups is 1. The molecular weight excluding hydrogens is 608 g/mol. The number of aromatic nitrogens is 2. The number of ether oxygens (including phenoxy) is 1. The van der Waals surface area contributed by atoms with Gasteiger partial charge in [-0.2, -0.15) is 4.57 Å². The molecule has 2 fully saturated rings. The molecule has 4 N–H and O–H groups in total. The summed E-state index contributed by atoms with van der Waals surface area (Å²) in [4.78, 5) is 62.8. The molecule has 0 radical (unpaired) electrons. The zero-order valence-corrected chi connectivity index (χ0v) is 26.3. The number of ketones is 1. The summed E-state index contributed by atoms with van der Waals surface area (Å²) in [5.41, 5.74) is 5.19. The van der Waals surface area contributed by atoms with Gasteiger partial charge in [0.15, 0.2) is 28.9 Å². The molecule has 4 heterocycles. The number of anilines is 1. The van der Waals surface area contributed by atoms with Gasteiger partial charge in [-0.1, -0.05) is 25.9 Å². The number of carbonyl (C=O) groups excluding carboxylic acids is 3. The van der Waals surface area contributed by atoms with E-state index < -0.39 is 35.3 Å². The molecule has 1 saturated heterocycles. The number of thiazole rings is 1. The maximum atomic E-state index is 13.3. The number of amides is 2. The fourth-order valence-electron chi connectivity index (χ4n) is 5.00. The Labute approximate surface area is 262 Å². The van der Waals surface area contributed by atoms with E-state index in [0.717, 1.165) is 46.8 Å². The summed E-state index contributed by atoms with van der Waals surface area (Å²) < 4.78 is 7.63. The van der Waals surface area contributed by atoms with E-state index in [2.05, 4.69) is 15.5 Å². The summed E-state index contributed by atoms with van der Waals surface area (Å²) in [6.07, 6.45) is 7.18. The molecule has 13 nitrogen and oxygen atoms in total. The number of hydrogen-bond acceptors (Lipinski definition) is 11. The number of hydrogen-bond donors (Lipinski definition) is 3. The molecule has 0 bridgehead atoms. The van der Waals surface area contributed by atoms with Crippen LogP contribution in [0.25, 0.3) is 0 Å². The zero-order valence-electron chi connectivity index (χ0n) is 24.6. The first-order valence-electron chi connectivity index (χ1n) is 14.3. The van der Waals surface area contributed by atoms with Gasteiger partial charge in [0.2, 0.25) is 12.3 Å². The highest BCUT2D eigenvalue weighted by Crippen LogP contribution is 2.35. The lowest BCUT2D eigenvalue weighted by atomic mass is 9.91. The molecule has 2 atom stereocenters. The summed E-state index contributed by atoms with van der Waals surface area (Å²) >= 11 is 2.49. The van der Waals surface area contributed by atoms with Gasteiger partial charge >= 0.3 is 5.97 Å². The quantitative estimate of drug-likeness (QED) is 0.108. The van der Waals surface area contributed by atoms with Gasteiger partial charge in [-0.05, 0) is 25.7 Å². The number of pyridine rings is 1. The largest absolute Gasteiger partial charge is 0.492 e. The molecule has 1 saturated carbocycles. The molecule has 2 aliphatic heterocycles. The maximum absolute atomic E-state index is 13.3. The third kappa shape index (κ3) is 6.88. The third-order valence-electron chi connectivity index (χ3n) is 7.61. The van der Waals surface area contributed by atoms with E-state index in [1.54, 1.807) is 22.3 Å². The Morgan fingerprint density at radius 1 is 1.27 bits per heavy atom. The minimum absolute atomic E-state index is 0.00175. The van der Waals surface area contributed by atoms with E-state index >= 15 is 0 Å². The molecule has 0 aromatic carbocycles. The highest BCUT2D eigenvalue weighted by atomic mass is 32.2. The lowest BCUT2D eigenvalue weighted by Crippen LogP contribution is -2.73. The summed E-state index contributed by atoms with van der Waals surface area (Å²) in [6, 6.07) is 1.94. The van der Waals surface area contributed by atoms with Crippen LogP contribution >= 0.6 is 23.1 Å². The van der Waals surface area contributed by atoms with Crippen molar-refractivity contribution in [3.63, 3.8) is 0 Å². The van der Waals surface area contributed by atoms with Gasteiger partial charge in [0, 0.05) is 27.8 Å². The Hall–Kier alpha value is -3.98. The predicted molar refractivity (Wildman–Crippen MR) is 161 cm³/mol. The monoisotopic (exact) mass is 643 g/mol. The molecule has 15 heteroatoms. The van der Waals surface area contributed by atoms with Crippen LogP contribution in [-0.2, 0) is 35.3 Å². The second kappa shape index (κ2) is 12.9. The van der Waals surface area contributed by atoms with Crippen molar-refractivity contribution in [3.05, 3.63) is 47.1 Å². The van der Waals surface area contributed by atoms with Gasteiger partial charge in [0.1, 0.15) is 36.2 Å². The predicted octanol–water partition coefficient (Wildman–Crippen LogP) is 2.11. The second-order valence-corrected chi connectivity index (χ2v) is 13.7. The molecule has 5 rings (SSSR count). The standard InChI is InChI=1S/C29H34N6O7S2/c1-29(2,3)21(36)12-34-10-8-17(9-11-34)43-15-20-24(27(39)40)35-19(13-41-20)23(26(35)38)32-25(37)22(18-14-44-28(30)31-18)33-42-16-6-4-5-7-16/h8-11,14,16,19,23H,4-7,12-13,15H2,1-3H3,(H3-,30,31,32,37,39,40)/p+1/b33-22-/t19-,23+/m1/s1. The fourth-order valence-corrected chi connectivity index (χ4v) is 6.38. The number of carbonyl (C=O) groups is 4. The van der Waals surface area contributed by atoms with Crippen LogP contribution in [0.5, 0.6) is 0 Å². The smallest absolute Gasteiger partial charge is 0.356 e. The van der Waals surface area contributed by atoms with E-state index in [9.17, 15) is 24.3 Å². The topological polar surface area (TPSA) is 177 Å². The molecule has 2 aromatic heterocycles. The maximum Gasteiger partial charge on any atom is 0.356 e. The van der Waals surface area contributed by atoms with Crippen molar-refractivity contribution in [3.8, 4) is 0 Å². The van der Waals surface area contributed by atoms with Crippen molar-refractivity contribution in [1.82, 2.24) is 15.2 Å². The number of nitrogens with one attached hydrogen (secondary N) is 1. The van der Waals surface area contributed by atoms with Crippen LogP contribution in [0.4, 0.5) is 5.13 Å². The van der Waals surface area contributed by atoms with Crippen LogP contribution in [0.2, 0.25) is 0 Å². The van der Waals surface area contributed by atoms with Crippen LogP contribution in [0.15, 0.2) is 51.4 Å². The van der Waals surface area contributed by atoms with Crippen LogP contribution in [0.3, 0.4) is 0 Å². The molecule has 0 unspecified atom stereocenters. The Bertz CT molecular complexity index is 1510. The Balaban J connectivity index is 1.24. The van der Waals surface area contributed by atoms with Crippen molar-refractivity contribution < 1.29 is 38.4 Å². The highest BCUT2D eigenvalue weighted by molar-refractivity contribution is 7.99. The summed E-state index contributed by atoms with van der Waals surface area (Å²) in [7, 11) is 0. The molecule has 0 spiro atoms.